The van der Waals surface area contributed by atoms with E-state index in [0.717, 1.165) is 24.4 Å². The average molecular weight is 340 g/mol. The van der Waals surface area contributed by atoms with Crippen molar-refractivity contribution >= 4 is 31.9 Å². The van der Waals surface area contributed by atoms with Gasteiger partial charge >= 0.3 is 0 Å². The molecule has 0 fully saturated rings. The fourth-order valence-corrected chi connectivity index (χ4v) is 1.80. The van der Waals surface area contributed by atoms with E-state index in [9.17, 15) is 0 Å². The van der Waals surface area contributed by atoms with Crippen LogP contribution >= 0.6 is 31.9 Å². The van der Waals surface area contributed by atoms with Crippen molar-refractivity contribution in [2.24, 2.45) is 0 Å². The standard InChI is InChI=1S/C12H20Br2O/c1-5-11(7-9(3)13)15-12(6-2)8-10(4)14/h5-6,9-10H,7-8H2,1-4H3. The van der Waals surface area contributed by atoms with Crippen LogP contribution in [0.25, 0.3) is 0 Å². The van der Waals surface area contributed by atoms with Crippen LogP contribution in [0.2, 0.25) is 0 Å². The van der Waals surface area contributed by atoms with Gasteiger partial charge in [-0.15, -0.1) is 0 Å². The minimum Gasteiger partial charge on any atom is -0.467 e. The lowest BCUT2D eigenvalue weighted by atomic mass is 10.2. The van der Waals surface area contributed by atoms with Crippen molar-refractivity contribution in [1.29, 1.82) is 0 Å². The summed E-state index contributed by atoms with van der Waals surface area (Å²) in [6.07, 6.45) is 5.90. The molecule has 0 aliphatic rings. The van der Waals surface area contributed by atoms with E-state index in [1.165, 1.54) is 0 Å². The van der Waals surface area contributed by atoms with Gasteiger partial charge in [0.1, 0.15) is 11.5 Å². The first-order chi connectivity index (χ1) is 6.99. The Morgan fingerprint density at radius 2 is 1.33 bits per heavy atom. The van der Waals surface area contributed by atoms with Crippen LogP contribution < -0.4 is 0 Å². The summed E-state index contributed by atoms with van der Waals surface area (Å²) in [5.41, 5.74) is 0. The lowest BCUT2D eigenvalue weighted by Crippen LogP contribution is -2.02. The van der Waals surface area contributed by atoms with E-state index in [1.54, 1.807) is 0 Å². The molecule has 0 saturated carbocycles. The highest BCUT2D eigenvalue weighted by Gasteiger charge is 2.07. The quantitative estimate of drug-likeness (QED) is 0.480. The van der Waals surface area contributed by atoms with Gasteiger partial charge in [0.25, 0.3) is 0 Å². The van der Waals surface area contributed by atoms with Gasteiger partial charge in [0, 0.05) is 22.5 Å². The van der Waals surface area contributed by atoms with E-state index >= 15 is 0 Å². The number of alkyl halides is 2. The molecule has 88 valence electrons. The normalized spacial score (nSPS) is 17.5. The minimum absolute atomic E-state index is 0.447. The number of halogens is 2. The summed E-state index contributed by atoms with van der Waals surface area (Å²) in [5.74, 6) is 2.06. The molecule has 0 aromatic rings. The Kier molecular flexibility index (Phi) is 8.53. The number of allylic oxidation sites excluding steroid dienone is 4. The highest BCUT2D eigenvalue weighted by molar-refractivity contribution is 9.09. The largest absolute Gasteiger partial charge is 0.467 e. The van der Waals surface area contributed by atoms with Crippen LogP contribution in [0.4, 0.5) is 0 Å². The fraction of sp³-hybridized carbons (Fsp3) is 0.667. The van der Waals surface area contributed by atoms with E-state index in [0.29, 0.717) is 9.65 Å². The molecule has 2 atom stereocenters. The molecule has 0 radical (unpaired) electrons. The Balaban J connectivity index is 4.27. The molecule has 0 aliphatic carbocycles. The van der Waals surface area contributed by atoms with Crippen molar-refractivity contribution in [3.8, 4) is 0 Å². The van der Waals surface area contributed by atoms with Gasteiger partial charge in [-0.2, -0.15) is 0 Å². The van der Waals surface area contributed by atoms with Crippen molar-refractivity contribution in [3.63, 3.8) is 0 Å². The van der Waals surface area contributed by atoms with Crippen molar-refractivity contribution in [3.05, 3.63) is 23.7 Å². The third-order valence-corrected chi connectivity index (χ3v) is 2.52. The third kappa shape index (κ3) is 8.09. The molecule has 0 amide bonds. The molecule has 3 heteroatoms. The molecule has 15 heavy (non-hydrogen) atoms. The lowest BCUT2D eigenvalue weighted by molar-refractivity contribution is 0.276. The molecule has 0 rings (SSSR count). The van der Waals surface area contributed by atoms with Crippen molar-refractivity contribution in [2.75, 3.05) is 0 Å². The van der Waals surface area contributed by atoms with Gasteiger partial charge in [-0.1, -0.05) is 45.7 Å². The Morgan fingerprint density at radius 3 is 1.53 bits per heavy atom. The van der Waals surface area contributed by atoms with Gasteiger partial charge in [-0.3, -0.25) is 0 Å². The van der Waals surface area contributed by atoms with Crippen molar-refractivity contribution in [1.82, 2.24) is 0 Å². The summed E-state index contributed by atoms with van der Waals surface area (Å²) in [6, 6.07) is 0. The van der Waals surface area contributed by atoms with Gasteiger partial charge in [0.05, 0.1) is 0 Å². The monoisotopic (exact) mass is 338 g/mol. The first kappa shape index (κ1) is 15.2. The van der Waals surface area contributed by atoms with E-state index in [4.69, 9.17) is 4.74 Å². The molecule has 0 heterocycles. The molecule has 0 saturated heterocycles. The van der Waals surface area contributed by atoms with Gasteiger partial charge in [-0.25, -0.2) is 0 Å². The van der Waals surface area contributed by atoms with Gasteiger partial charge in [0.15, 0.2) is 0 Å². The first-order valence-electron chi connectivity index (χ1n) is 5.26. The zero-order chi connectivity index (χ0) is 11.8. The summed E-state index contributed by atoms with van der Waals surface area (Å²) in [7, 11) is 0. The average Bonchev–Trinajstić information content (AvgIpc) is 2.14. The van der Waals surface area contributed by atoms with E-state index in [1.807, 2.05) is 26.0 Å². The fourth-order valence-electron chi connectivity index (χ4n) is 1.16. The van der Waals surface area contributed by atoms with E-state index in [-0.39, 0.29) is 0 Å². The Morgan fingerprint density at radius 1 is 1.00 bits per heavy atom. The number of rotatable bonds is 6. The second kappa shape index (κ2) is 8.40. The molecular formula is C12H20Br2O. The van der Waals surface area contributed by atoms with Gasteiger partial charge < -0.3 is 4.74 Å². The van der Waals surface area contributed by atoms with Crippen molar-refractivity contribution < 1.29 is 4.74 Å². The van der Waals surface area contributed by atoms with Gasteiger partial charge in [0.2, 0.25) is 0 Å². The van der Waals surface area contributed by atoms with Crippen LogP contribution in [0.15, 0.2) is 23.7 Å². The molecule has 0 aliphatic heterocycles. The summed E-state index contributed by atoms with van der Waals surface area (Å²) in [6.45, 7) is 8.26. The zero-order valence-corrected chi connectivity index (χ0v) is 13.1. The van der Waals surface area contributed by atoms with Crippen molar-refractivity contribution in [2.45, 2.75) is 50.2 Å². The van der Waals surface area contributed by atoms with E-state index in [2.05, 4.69) is 45.7 Å². The number of hydrogen-bond acceptors (Lipinski definition) is 1. The van der Waals surface area contributed by atoms with Crippen LogP contribution in [0.1, 0.15) is 40.5 Å². The van der Waals surface area contributed by atoms with Crippen LogP contribution in [-0.2, 0) is 4.74 Å². The third-order valence-electron chi connectivity index (χ3n) is 1.87. The van der Waals surface area contributed by atoms with Crippen LogP contribution in [0, 0.1) is 0 Å². The topological polar surface area (TPSA) is 9.23 Å². The number of hydrogen-bond donors (Lipinski definition) is 0. The SMILES string of the molecule is CC=C(CC(C)Br)OC(=CC)CC(C)Br. The van der Waals surface area contributed by atoms with Crippen LogP contribution in [0.5, 0.6) is 0 Å². The van der Waals surface area contributed by atoms with E-state index < -0.39 is 0 Å². The summed E-state index contributed by atoms with van der Waals surface area (Å²) >= 11 is 7.06. The molecule has 0 aromatic carbocycles. The van der Waals surface area contributed by atoms with Crippen LogP contribution in [0.3, 0.4) is 0 Å². The Bertz CT molecular complexity index is 206. The number of ether oxygens (including phenoxy) is 1. The molecule has 0 aromatic heterocycles. The second-order valence-corrected chi connectivity index (χ2v) is 6.71. The summed E-state index contributed by atoms with van der Waals surface area (Å²) in [5, 5.41) is 0. The molecule has 0 bridgehead atoms. The summed E-state index contributed by atoms with van der Waals surface area (Å²) < 4.78 is 5.83. The second-order valence-electron chi connectivity index (χ2n) is 3.58. The Labute approximate surface area is 110 Å². The summed E-state index contributed by atoms with van der Waals surface area (Å²) in [4.78, 5) is 0.895. The lowest BCUT2D eigenvalue weighted by Gasteiger charge is -2.15. The highest BCUT2D eigenvalue weighted by atomic mass is 79.9. The molecule has 0 N–H and O–H groups in total. The smallest absolute Gasteiger partial charge is 0.100 e. The Hall–Kier alpha value is 0.240. The maximum absolute atomic E-state index is 5.83. The predicted octanol–water partition coefficient (Wildman–Crippen LogP) is 5.16. The molecule has 0 spiro atoms. The molecule has 2 unspecified atom stereocenters. The highest BCUT2D eigenvalue weighted by Crippen LogP contribution is 2.20. The minimum atomic E-state index is 0.447. The maximum Gasteiger partial charge on any atom is 0.100 e. The maximum atomic E-state index is 5.83. The predicted molar refractivity (Wildman–Crippen MR) is 74.6 cm³/mol. The van der Waals surface area contributed by atoms with Crippen LogP contribution in [-0.4, -0.2) is 9.65 Å². The zero-order valence-electron chi connectivity index (χ0n) is 9.89. The first-order valence-corrected chi connectivity index (χ1v) is 7.09. The molecule has 1 nitrogen and oxygen atoms in total. The van der Waals surface area contributed by atoms with Gasteiger partial charge in [-0.05, 0) is 26.0 Å². The molecular weight excluding hydrogens is 320 g/mol.